The second-order valence-corrected chi connectivity index (χ2v) is 4.75. The van der Waals surface area contributed by atoms with E-state index >= 15 is 0 Å². The molecule has 0 aliphatic carbocycles. The van der Waals surface area contributed by atoms with Gasteiger partial charge in [-0.15, -0.1) is 0 Å². The molecule has 0 spiro atoms. The first-order valence-corrected chi connectivity index (χ1v) is 6.42. The number of anilines is 1. The summed E-state index contributed by atoms with van der Waals surface area (Å²) in [6, 6.07) is 1.71. The molecule has 6 nitrogen and oxygen atoms in total. The van der Waals surface area contributed by atoms with Gasteiger partial charge in [-0.3, -0.25) is 4.79 Å². The number of rotatable bonds is 4. The van der Waals surface area contributed by atoms with E-state index in [0.29, 0.717) is 19.0 Å². The highest BCUT2D eigenvalue weighted by molar-refractivity contribution is 5.72. The van der Waals surface area contributed by atoms with Gasteiger partial charge in [-0.25, -0.2) is 9.97 Å². The molecule has 1 aromatic rings. The highest BCUT2D eigenvalue weighted by Crippen LogP contribution is 2.24. The third-order valence-electron chi connectivity index (χ3n) is 3.36. The number of carboxylic acid groups (broad SMARTS) is 1. The van der Waals surface area contributed by atoms with Crippen LogP contribution < -0.4 is 4.90 Å². The maximum absolute atomic E-state index is 11.3. The van der Waals surface area contributed by atoms with Gasteiger partial charge in [0.25, 0.3) is 0 Å². The molecule has 104 valence electrons. The zero-order valence-electron chi connectivity index (χ0n) is 11.5. The minimum atomic E-state index is -0.816. The van der Waals surface area contributed by atoms with Crippen LogP contribution in [-0.2, 0) is 9.53 Å². The van der Waals surface area contributed by atoms with Crippen LogP contribution in [-0.4, -0.2) is 46.8 Å². The molecule has 2 heterocycles. The molecule has 19 heavy (non-hydrogen) atoms. The first-order valence-electron chi connectivity index (χ1n) is 6.42. The van der Waals surface area contributed by atoms with Crippen LogP contribution in [0.25, 0.3) is 0 Å². The van der Waals surface area contributed by atoms with E-state index in [2.05, 4.69) is 9.97 Å². The van der Waals surface area contributed by atoms with E-state index < -0.39 is 11.9 Å². The van der Waals surface area contributed by atoms with Gasteiger partial charge in [-0.1, -0.05) is 0 Å². The van der Waals surface area contributed by atoms with Crippen molar-refractivity contribution >= 4 is 11.8 Å². The molecule has 0 saturated carbocycles. The van der Waals surface area contributed by atoms with Crippen molar-refractivity contribution in [3.8, 4) is 0 Å². The van der Waals surface area contributed by atoms with E-state index in [0.717, 1.165) is 11.5 Å². The SMILES string of the molecule is CCN(c1cc(C)nc(C)n1)C1COCC1C(=O)O. The lowest BCUT2D eigenvalue weighted by Crippen LogP contribution is -2.43. The fourth-order valence-corrected chi connectivity index (χ4v) is 2.50. The molecule has 0 radical (unpaired) electrons. The first kappa shape index (κ1) is 13.7. The summed E-state index contributed by atoms with van der Waals surface area (Å²) in [7, 11) is 0. The minimum absolute atomic E-state index is 0.170. The summed E-state index contributed by atoms with van der Waals surface area (Å²) < 4.78 is 5.33. The predicted octanol–water partition coefficient (Wildman–Crippen LogP) is 1.02. The quantitative estimate of drug-likeness (QED) is 0.876. The topological polar surface area (TPSA) is 75.5 Å². The van der Waals surface area contributed by atoms with Gasteiger partial charge in [0.2, 0.25) is 0 Å². The molecule has 1 fully saturated rings. The standard InChI is InChI=1S/C13H19N3O3/c1-4-16(11-7-19-6-10(11)13(17)18)12-5-8(2)14-9(3)15-12/h5,10-11H,4,6-7H2,1-3H3,(H,17,18). The summed E-state index contributed by atoms with van der Waals surface area (Å²) in [5.41, 5.74) is 0.881. The molecule has 2 rings (SSSR count). The fraction of sp³-hybridized carbons (Fsp3) is 0.615. The summed E-state index contributed by atoms with van der Waals surface area (Å²) in [6.07, 6.45) is 0. The summed E-state index contributed by atoms with van der Waals surface area (Å²) in [6.45, 7) is 7.11. The van der Waals surface area contributed by atoms with E-state index in [9.17, 15) is 9.90 Å². The molecule has 6 heteroatoms. The smallest absolute Gasteiger partial charge is 0.311 e. The number of likely N-dealkylation sites (N-methyl/N-ethyl adjacent to an activating group) is 1. The van der Waals surface area contributed by atoms with Gasteiger partial charge < -0.3 is 14.7 Å². The normalized spacial score (nSPS) is 22.5. The van der Waals surface area contributed by atoms with E-state index in [4.69, 9.17) is 4.74 Å². The number of hydrogen-bond donors (Lipinski definition) is 1. The fourth-order valence-electron chi connectivity index (χ4n) is 2.50. The lowest BCUT2D eigenvalue weighted by Gasteiger charge is -2.30. The highest BCUT2D eigenvalue weighted by atomic mass is 16.5. The van der Waals surface area contributed by atoms with Crippen LogP contribution in [0.2, 0.25) is 0 Å². The molecule has 1 aromatic heterocycles. The van der Waals surface area contributed by atoms with Crippen molar-refractivity contribution in [3.63, 3.8) is 0 Å². The number of aliphatic carboxylic acids is 1. The van der Waals surface area contributed by atoms with Crippen LogP contribution in [0, 0.1) is 19.8 Å². The predicted molar refractivity (Wildman–Crippen MR) is 70.3 cm³/mol. The number of nitrogens with zero attached hydrogens (tertiary/aromatic N) is 3. The van der Waals surface area contributed by atoms with Crippen LogP contribution in [0.5, 0.6) is 0 Å². The van der Waals surface area contributed by atoms with Crippen molar-refractivity contribution in [1.29, 1.82) is 0 Å². The van der Waals surface area contributed by atoms with Crippen LogP contribution in [0.3, 0.4) is 0 Å². The molecule has 0 bridgehead atoms. The van der Waals surface area contributed by atoms with Crippen molar-refractivity contribution in [2.75, 3.05) is 24.7 Å². The number of aryl methyl sites for hydroxylation is 2. The van der Waals surface area contributed by atoms with Gasteiger partial charge in [0.15, 0.2) is 0 Å². The Kier molecular flexibility index (Phi) is 3.99. The largest absolute Gasteiger partial charge is 0.481 e. The lowest BCUT2D eigenvalue weighted by atomic mass is 10.0. The van der Waals surface area contributed by atoms with Crippen molar-refractivity contribution in [2.24, 2.45) is 5.92 Å². The number of carboxylic acids is 1. The van der Waals surface area contributed by atoms with Crippen molar-refractivity contribution in [2.45, 2.75) is 26.8 Å². The van der Waals surface area contributed by atoms with Crippen molar-refractivity contribution in [1.82, 2.24) is 9.97 Å². The molecule has 2 unspecified atom stereocenters. The summed E-state index contributed by atoms with van der Waals surface area (Å²) in [5, 5.41) is 9.24. The number of aromatic nitrogens is 2. The van der Waals surface area contributed by atoms with E-state index in [1.54, 1.807) is 0 Å². The lowest BCUT2D eigenvalue weighted by molar-refractivity contribution is -0.141. The molecule has 1 aliphatic heterocycles. The maximum atomic E-state index is 11.3. The number of ether oxygens (including phenoxy) is 1. The summed E-state index contributed by atoms with van der Waals surface area (Å²) in [5.74, 6) is 0.146. The van der Waals surface area contributed by atoms with E-state index in [-0.39, 0.29) is 12.6 Å². The molecule has 1 saturated heterocycles. The second kappa shape index (κ2) is 5.52. The molecule has 0 amide bonds. The van der Waals surface area contributed by atoms with Crippen molar-refractivity contribution < 1.29 is 14.6 Å². The Morgan fingerprint density at radius 3 is 2.79 bits per heavy atom. The number of hydrogen-bond acceptors (Lipinski definition) is 5. The maximum Gasteiger partial charge on any atom is 0.311 e. The molecule has 0 aromatic carbocycles. The summed E-state index contributed by atoms with van der Waals surface area (Å²) in [4.78, 5) is 21.9. The van der Waals surface area contributed by atoms with Gasteiger partial charge in [0.1, 0.15) is 17.6 Å². The first-order chi connectivity index (χ1) is 9.02. The average Bonchev–Trinajstić information content (AvgIpc) is 2.78. The zero-order valence-corrected chi connectivity index (χ0v) is 11.5. The third-order valence-corrected chi connectivity index (χ3v) is 3.36. The van der Waals surface area contributed by atoms with E-state index in [1.807, 2.05) is 31.7 Å². The van der Waals surface area contributed by atoms with Gasteiger partial charge in [-0.2, -0.15) is 0 Å². The van der Waals surface area contributed by atoms with Gasteiger partial charge in [0.05, 0.1) is 19.3 Å². The van der Waals surface area contributed by atoms with Crippen LogP contribution >= 0.6 is 0 Å². The Hall–Kier alpha value is -1.69. The van der Waals surface area contributed by atoms with Crippen LogP contribution in [0.4, 0.5) is 5.82 Å². The molecule has 1 N–H and O–H groups in total. The van der Waals surface area contributed by atoms with Crippen LogP contribution in [0.1, 0.15) is 18.4 Å². The average molecular weight is 265 g/mol. The van der Waals surface area contributed by atoms with Gasteiger partial charge >= 0.3 is 5.97 Å². The highest BCUT2D eigenvalue weighted by Gasteiger charge is 2.38. The number of carbonyl (C=O) groups is 1. The third kappa shape index (κ3) is 2.84. The van der Waals surface area contributed by atoms with Crippen LogP contribution in [0.15, 0.2) is 6.07 Å². The summed E-state index contributed by atoms with van der Waals surface area (Å²) >= 11 is 0. The zero-order chi connectivity index (χ0) is 14.0. The Labute approximate surface area is 112 Å². The van der Waals surface area contributed by atoms with Gasteiger partial charge in [-0.05, 0) is 20.8 Å². The molecule has 2 atom stereocenters. The minimum Gasteiger partial charge on any atom is -0.481 e. The molecular formula is C13H19N3O3. The van der Waals surface area contributed by atoms with Gasteiger partial charge in [0, 0.05) is 18.3 Å². The molecule has 1 aliphatic rings. The Morgan fingerprint density at radius 1 is 1.47 bits per heavy atom. The Balaban J connectivity index is 2.31. The van der Waals surface area contributed by atoms with E-state index in [1.165, 1.54) is 0 Å². The Morgan fingerprint density at radius 2 is 2.21 bits per heavy atom. The second-order valence-electron chi connectivity index (χ2n) is 4.75. The molecular weight excluding hydrogens is 246 g/mol. The Bertz CT molecular complexity index is 458. The van der Waals surface area contributed by atoms with Crippen molar-refractivity contribution in [3.05, 3.63) is 17.6 Å². The monoisotopic (exact) mass is 265 g/mol.